The molecule has 1 N–H and O–H groups in total. The summed E-state index contributed by atoms with van der Waals surface area (Å²) in [6, 6.07) is -0.189. The average molecular weight is 224 g/mol. The van der Waals surface area contributed by atoms with Gasteiger partial charge in [0.25, 0.3) is 0 Å². The summed E-state index contributed by atoms with van der Waals surface area (Å²) in [5.41, 5.74) is 2.06. The molecule has 0 radical (unpaired) electrons. The predicted octanol–water partition coefficient (Wildman–Crippen LogP) is -0.432. The van der Waals surface area contributed by atoms with Crippen LogP contribution in [0.25, 0.3) is 0 Å². The molecule has 0 saturated carbocycles. The van der Waals surface area contributed by atoms with Gasteiger partial charge >= 0.3 is 0 Å². The first kappa shape index (κ1) is 11.9. The number of ether oxygens (including phenoxy) is 3. The molecule has 0 bridgehead atoms. The molecule has 2 rings (SSSR count). The van der Waals surface area contributed by atoms with Crippen molar-refractivity contribution in [2.24, 2.45) is 0 Å². The van der Waals surface area contributed by atoms with Crippen molar-refractivity contribution >= 4 is 7.85 Å². The van der Waals surface area contributed by atoms with Gasteiger partial charge in [0, 0.05) is 0 Å². The van der Waals surface area contributed by atoms with Crippen LogP contribution in [0.1, 0.15) is 13.8 Å². The molecule has 0 spiro atoms. The zero-order valence-electron chi connectivity index (χ0n) is 9.90. The van der Waals surface area contributed by atoms with E-state index in [2.05, 4.69) is 12.3 Å². The minimum atomic E-state index is -0.682. The lowest BCUT2D eigenvalue weighted by Crippen LogP contribution is -2.45. The number of hydrogen-bond acceptors (Lipinski definition) is 4. The molecule has 2 fully saturated rings. The van der Waals surface area contributed by atoms with E-state index in [4.69, 9.17) is 14.2 Å². The smallest absolute Gasteiger partial charge is 0.164 e. The zero-order chi connectivity index (χ0) is 12.0. The Morgan fingerprint density at radius 1 is 1.56 bits per heavy atom. The Morgan fingerprint density at radius 2 is 2.25 bits per heavy atom. The van der Waals surface area contributed by atoms with Crippen molar-refractivity contribution in [3.05, 3.63) is 18.4 Å². The first-order valence-electron chi connectivity index (χ1n) is 5.46. The Hall–Kier alpha value is -0.575. The van der Waals surface area contributed by atoms with Crippen LogP contribution >= 0.6 is 0 Å². The first-order chi connectivity index (χ1) is 7.45. The third-order valence-corrected chi connectivity index (χ3v) is 3.14. The summed E-state index contributed by atoms with van der Waals surface area (Å²) < 4.78 is 17.4. The van der Waals surface area contributed by atoms with E-state index in [9.17, 15) is 5.11 Å². The molecule has 16 heavy (non-hydrogen) atoms. The lowest BCUT2D eigenvalue weighted by atomic mass is 9.80. The third-order valence-electron chi connectivity index (χ3n) is 3.14. The SMILES string of the molecule is B[C@@H]1O[C@H](CO)[C@@H]2OC(C)(C)OC12C=C=C. The van der Waals surface area contributed by atoms with E-state index in [1.807, 2.05) is 21.7 Å². The molecule has 2 aliphatic heterocycles. The molecule has 0 amide bonds. The number of aliphatic hydroxyl groups is 1. The molecule has 2 aliphatic rings. The fourth-order valence-corrected chi connectivity index (χ4v) is 2.55. The number of hydrogen-bond donors (Lipinski definition) is 1. The molecular formula is C11H17BO4. The van der Waals surface area contributed by atoms with Gasteiger partial charge in [0.1, 0.15) is 25.7 Å². The predicted molar refractivity (Wildman–Crippen MR) is 60.8 cm³/mol. The number of aliphatic hydroxyl groups excluding tert-OH is 1. The molecule has 2 saturated heterocycles. The van der Waals surface area contributed by atoms with Crippen LogP contribution in [-0.4, -0.2) is 49.2 Å². The molecule has 88 valence electrons. The fourth-order valence-electron chi connectivity index (χ4n) is 2.55. The topological polar surface area (TPSA) is 47.9 Å². The van der Waals surface area contributed by atoms with Crippen LogP contribution in [-0.2, 0) is 14.2 Å². The summed E-state index contributed by atoms with van der Waals surface area (Å²) in [7, 11) is 1.90. The van der Waals surface area contributed by atoms with Gasteiger partial charge in [-0.15, -0.1) is 5.73 Å². The van der Waals surface area contributed by atoms with Gasteiger partial charge in [-0.2, -0.15) is 0 Å². The van der Waals surface area contributed by atoms with Crippen LogP contribution < -0.4 is 0 Å². The summed E-state index contributed by atoms with van der Waals surface area (Å²) in [5, 5.41) is 9.27. The van der Waals surface area contributed by atoms with Gasteiger partial charge in [-0.1, -0.05) is 6.58 Å². The second-order valence-electron chi connectivity index (χ2n) is 4.74. The highest BCUT2D eigenvalue weighted by Gasteiger charge is 2.63. The molecule has 0 aliphatic carbocycles. The second kappa shape index (κ2) is 3.72. The summed E-state index contributed by atoms with van der Waals surface area (Å²) in [4.78, 5) is 0. The standard InChI is InChI=1S/C11H17BO4/c1-4-5-11-8(15-10(2,3)16-11)7(6-13)14-9(11)12/h5,7-9,13H,1,6,12H2,2-3H3/t7-,8+,9-,11?/m1/s1. The Balaban J connectivity index is 2.39. The van der Waals surface area contributed by atoms with Crippen LogP contribution in [0.5, 0.6) is 0 Å². The second-order valence-corrected chi connectivity index (χ2v) is 4.74. The monoisotopic (exact) mass is 224 g/mol. The van der Waals surface area contributed by atoms with Crippen LogP contribution in [0.4, 0.5) is 0 Å². The third kappa shape index (κ3) is 1.56. The maximum absolute atomic E-state index is 9.27. The first-order valence-corrected chi connectivity index (χ1v) is 5.46. The fraction of sp³-hybridized carbons (Fsp3) is 0.727. The molecular weight excluding hydrogens is 207 g/mol. The molecule has 2 heterocycles. The van der Waals surface area contributed by atoms with Crippen molar-refractivity contribution in [2.45, 2.75) is 43.4 Å². The van der Waals surface area contributed by atoms with Crippen LogP contribution in [0.3, 0.4) is 0 Å². The van der Waals surface area contributed by atoms with E-state index in [1.54, 1.807) is 6.08 Å². The Labute approximate surface area is 96.3 Å². The lowest BCUT2D eigenvalue weighted by Gasteiger charge is -2.27. The van der Waals surface area contributed by atoms with Crippen molar-refractivity contribution in [2.75, 3.05) is 6.61 Å². The Kier molecular flexibility index (Phi) is 2.77. The van der Waals surface area contributed by atoms with Gasteiger partial charge in [0.15, 0.2) is 5.79 Å². The van der Waals surface area contributed by atoms with Gasteiger partial charge in [-0.05, 0) is 19.9 Å². The van der Waals surface area contributed by atoms with E-state index in [0.717, 1.165) is 0 Å². The van der Waals surface area contributed by atoms with Crippen LogP contribution in [0, 0.1) is 0 Å². The normalized spacial score (nSPS) is 45.1. The van der Waals surface area contributed by atoms with Crippen LogP contribution in [0.2, 0.25) is 0 Å². The molecule has 4 nitrogen and oxygen atoms in total. The maximum atomic E-state index is 9.27. The Morgan fingerprint density at radius 3 is 2.81 bits per heavy atom. The minimum absolute atomic E-state index is 0.0822. The molecule has 1 unspecified atom stereocenters. The van der Waals surface area contributed by atoms with Gasteiger partial charge in [0.05, 0.1) is 12.6 Å². The molecule has 0 aromatic rings. The summed E-state index contributed by atoms with van der Waals surface area (Å²) in [6.07, 6.45) is 1.07. The molecule has 4 atom stereocenters. The van der Waals surface area contributed by atoms with Crippen LogP contribution in [0.15, 0.2) is 18.4 Å². The molecule has 0 aromatic carbocycles. The maximum Gasteiger partial charge on any atom is 0.164 e. The van der Waals surface area contributed by atoms with Crippen molar-refractivity contribution < 1.29 is 19.3 Å². The largest absolute Gasteiger partial charge is 0.394 e. The lowest BCUT2D eigenvalue weighted by molar-refractivity contribution is -0.191. The quantitative estimate of drug-likeness (QED) is 0.510. The highest BCUT2D eigenvalue weighted by Crippen LogP contribution is 2.46. The highest BCUT2D eigenvalue weighted by atomic mass is 16.8. The van der Waals surface area contributed by atoms with E-state index < -0.39 is 11.4 Å². The van der Waals surface area contributed by atoms with Crippen molar-refractivity contribution in [3.63, 3.8) is 0 Å². The summed E-state index contributed by atoms with van der Waals surface area (Å²) in [6.45, 7) is 7.20. The molecule has 0 aromatic heterocycles. The van der Waals surface area contributed by atoms with Gasteiger partial charge < -0.3 is 19.3 Å². The van der Waals surface area contributed by atoms with E-state index in [0.29, 0.717) is 0 Å². The van der Waals surface area contributed by atoms with Crippen molar-refractivity contribution in [3.8, 4) is 0 Å². The van der Waals surface area contributed by atoms with Gasteiger partial charge in [0.2, 0.25) is 0 Å². The molecule has 5 heteroatoms. The van der Waals surface area contributed by atoms with E-state index in [1.165, 1.54) is 0 Å². The van der Waals surface area contributed by atoms with Crippen molar-refractivity contribution in [1.82, 2.24) is 0 Å². The number of fused-ring (bicyclic) bond motifs is 1. The van der Waals surface area contributed by atoms with E-state index in [-0.39, 0.29) is 24.8 Å². The van der Waals surface area contributed by atoms with Crippen molar-refractivity contribution in [1.29, 1.82) is 0 Å². The Bertz CT molecular complexity index is 337. The minimum Gasteiger partial charge on any atom is -0.394 e. The number of rotatable bonds is 2. The van der Waals surface area contributed by atoms with E-state index >= 15 is 0 Å². The van der Waals surface area contributed by atoms with Gasteiger partial charge in [-0.3, -0.25) is 0 Å². The summed E-state index contributed by atoms with van der Waals surface area (Å²) >= 11 is 0. The summed E-state index contributed by atoms with van der Waals surface area (Å²) in [5.74, 6) is -0.677. The zero-order valence-corrected chi connectivity index (χ0v) is 9.90. The average Bonchev–Trinajstić information content (AvgIpc) is 2.58. The highest BCUT2D eigenvalue weighted by molar-refractivity contribution is 6.12. The van der Waals surface area contributed by atoms with Gasteiger partial charge in [-0.25, -0.2) is 0 Å².